The van der Waals surface area contributed by atoms with E-state index in [0.29, 0.717) is 11.5 Å². The van der Waals surface area contributed by atoms with Crippen molar-refractivity contribution >= 4 is 0 Å². The second-order valence-electron chi connectivity index (χ2n) is 5.96. The van der Waals surface area contributed by atoms with Crippen molar-refractivity contribution in [2.24, 2.45) is 0 Å². The van der Waals surface area contributed by atoms with Gasteiger partial charge in [0, 0.05) is 17.8 Å². The van der Waals surface area contributed by atoms with Gasteiger partial charge >= 0.3 is 0 Å². The van der Waals surface area contributed by atoms with Crippen LogP contribution in [0, 0.1) is 26.6 Å². The maximum atomic E-state index is 13.2. The van der Waals surface area contributed by atoms with E-state index in [1.54, 1.807) is 0 Å². The highest BCUT2D eigenvalue weighted by molar-refractivity contribution is 5.13. The minimum absolute atomic E-state index is 0.112. The molecule has 0 saturated heterocycles. The molecule has 0 saturated carbocycles. The van der Waals surface area contributed by atoms with Gasteiger partial charge in [0.2, 0.25) is 0 Å². The van der Waals surface area contributed by atoms with E-state index in [-0.39, 0.29) is 17.7 Å². The third-order valence-corrected chi connectivity index (χ3v) is 3.20. The van der Waals surface area contributed by atoms with Gasteiger partial charge in [-0.1, -0.05) is 41.5 Å². The second-order valence-corrected chi connectivity index (χ2v) is 5.96. The number of rotatable bonds is 2. The fourth-order valence-corrected chi connectivity index (χ4v) is 1.72. The molecule has 2 aromatic rings. The van der Waals surface area contributed by atoms with Crippen LogP contribution in [0.1, 0.15) is 82.0 Å². The van der Waals surface area contributed by atoms with E-state index in [4.69, 9.17) is 0 Å². The Balaban J connectivity index is 0.000000420. The Kier molecular flexibility index (Phi) is 9.93. The van der Waals surface area contributed by atoms with Crippen molar-refractivity contribution in [3.05, 3.63) is 46.8 Å². The Morgan fingerprint density at radius 1 is 0.833 bits per heavy atom. The van der Waals surface area contributed by atoms with Crippen molar-refractivity contribution < 1.29 is 4.39 Å². The van der Waals surface area contributed by atoms with E-state index in [2.05, 4.69) is 19.9 Å². The number of aryl methyl sites for hydroxylation is 3. The zero-order valence-corrected chi connectivity index (χ0v) is 16.5. The number of hydrogen-bond donors (Lipinski definition) is 0. The van der Waals surface area contributed by atoms with Gasteiger partial charge in [-0.05, 0) is 32.3 Å². The molecule has 2 rings (SSSR count). The van der Waals surface area contributed by atoms with Gasteiger partial charge in [-0.2, -0.15) is 0 Å². The molecule has 0 fully saturated rings. The molecular weight excluding hydrogens is 303 g/mol. The summed E-state index contributed by atoms with van der Waals surface area (Å²) in [7, 11) is 0. The van der Waals surface area contributed by atoms with Gasteiger partial charge in [-0.25, -0.2) is 24.3 Å². The van der Waals surface area contributed by atoms with Crippen LogP contribution in [0.3, 0.4) is 0 Å². The zero-order valence-electron chi connectivity index (χ0n) is 16.5. The summed E-state index contributed by atoms with van der Waals surface area (Å²) in [5, 5.41) is 0. The summed E-state index contributed by atoms with van der Waals surface area (Å²) in [6, 6.07) is 0. The number of nitrogens with zero attached hydrogens (tertiary/aromatic N) is 4. The van der Waals surface area contributed by atoms with Gasteiger partial charge < -0.3 is 0 Å². The Hall–Kier alpha value is -1.91. The molecule has 2 aromatic heterocycles. The average Bonchev–Trinajstić information content (AvgIpc) is 2.53. The molecule has 0 bridgehead atoms. The Morgan fingerprint density at radius 3 is 1.83 bits per heavy atom. The molecule has 0 aliphatic rings. The lowest BCUT2D eigenvalue weighted by molar-refractivity contribution is 0.565. The molecule has 5 heteroatoms. The molecule has 0 atom stereocenters. The quantitative estimate of drug-likeness (QED) is 0.748. The van der Waals surface area contributed by atoms with Crippen molar-refractivity contribution in [3.8, 4) is 0 Å². The molecule has 4 nitrogen and oxygen atoms in total. The summed E-state index contributed by atoms with van der Waals surface area (Å²) in [6.07, 6.45) is 3.11. The lowest BCUT2D eigenvalue weighted by Gasteiger charge is -2.09. The van der Waals surface area contributed by atoms with Crippen molar-refractivity contribution in [2.45, 2.75) is 74.1 Å². The van der Waals surface area contributed by atoms with Crippen molar-refractivity contribution in [1.29, 1.82) is 0 Å². The highest BCUT2D eigenvalue weighted by Gasteiger charge is 2.11. The highest BCUT2D eigenvalue weighted by Crippen LogP contribution is 2.17. The third kappa shape index (κ3) is 7.11. The first-order valence-electron chi connectivity index (χ1n) is 8.51. The van der Waals surface area contributed by atoms with Gasteiger partial charge in [0.05, 0.1) is 11.9 Å². The number of aromatic nitrogens is 4. The molecule has 0 aromatic carbocycles. The van der Waals surface area contributed by atoms with E-state index in [1.807, 2.05) is 68.5 Å². The van der Waals surface area contributed by atoms with E-state index in [0.717, 1.165) is 17.1 Å². The molecule has 0 radical (unpaired) electrons. The van der Waals surface area contributed by atoms with Crippen LogP contribution in [0.5, 0.6) is 0 Å². The Morgan fingerprint density at radius 2 is 1.42 bits per heavy atom. The summed E-state index contributed by atoms with van der Waals surface area (Å²) in [6.45, 7) is 17.7. The Labute approximate surface area is 146 Å². The molecule has 2 heterocycles. The predicted octanol–water partition coefficient (Wildman–Crippen LogP) is 5.29. The summed E-state index contributed by atoms with van der Waals surface area (Å²) in [5.41, 5.74) is 2.74. The lowest BCUT2D eigenvalue weighted by Crippen LogP contribution is -2.05. The molecule has 0 aliphatic heterocycles. The molecule has 0 unspecified atom stereocenters. The van der Waals surface area contributed by atoms with E-state index in [9.17, 15) is 4.39 Å². The summed E-state index contributed by atoms with van der Waals surface area (Å²) >= 11 is 0. The van der Waals surface area contributed by atoms with Gasteiger partial charge in [0.15, 0.2) is 5.82 Å². The summed E-state index contributed by atoms with van der Waals surface area (Å²) < 4.78 is 13.2. The van der Waals surface area contributed by atoms with E-state index in [1.165, 1.54) is 6.20 Å². The van der Waals surface area contributed by atoms with Crippen LogP contribution in [0.25, 0.3) is 0 Å². The Bertz CT molecular complexity index is 625. The maximum Gasteiger partial charge on any atom is 0.163 e. The van der Waals surface area contributed by atoms with Crippen molar-refractivity contribution in [1.82, 2.24) is 19.9 Å². The lowest BCUT2D eigenvalue weighted by atomic mass is 10.1. The van der Waals surface area contributed by atoms with Crippen LogP contribution in [0.4, 0.5) is 4.39 Å². The van der Waals surface area contributed by atoms with Crippen LogP contribution < -0.4 is 0 Å². The topological polar surface area (TPSA) is 51.6 Å². The number of hydrogen-bond acceptors (Lipinski definition) is 4. The van der Waals surface area contributed by atoms with Gasteiger partial charge in [-0.15, -0.1) is 0 Å². The van der Waals surface area contributed by atoms with Gasteiger partial charge in [0.1, 0.15) is 11.6 Å². The zero-order chi connectivity index (χ0) is 18.9. The molecule has 24 heavy (non-hydrogen) atoms. The highest BCUT2D eigenvalue weighted by atomic mass is 19.1. The summed E-state index contributed by atoms with van der Waals surface area (Å²) in [4.78, 5) is 16.3. The normalized spacial score (nSPS) is 10.0. The smallest absolute Gasteiger partial charge is 0.163 e. The first-order chi connectivity index (χ1) is 11.2. The summed E-state index contributed by atoms with van der Waals surface area (Å²) in [5.74, 6) is 1.61. The first-order valence-corrected chi connectivity index (χ1v) is 8.51. The van der Waals surface area contributed by atoms with E-state index >= 15 is 0 Å². The minimum atomic E-state index is -0.306. The van der Waals surface area contributed by atoms with Crippen LogP contribution in [0.2, 0.25) is 0 Å². The monoisotopic (exact) mass is 334 g/mol. The van der Waals surface area contributed by atoms with E-state index < -0.39 is 0 Å². The minimum Gasteiger partial charge on any atom is -0.241 e. The fraction of sp³-hybridized carbons (Fsp3) is 0.579. The first kappa shape index (κ1) is 22.1. The van der Waals surface area contributed by atoms with Crippen LogP contribution >= 0.6 is 0 Å². The van der Waals surface area contributed by atoms with Crippen molar-refractivity contribution in [3.63, 3.8) is 0 Å². The fourth-order valence-electron chi connectivity index (χ4n) is 1.72. The molecular formula is C19H31FN4. The second kappa shape index (κ2) is 10.8. The maximum absolute atomic E-state index is 13.2. The molecule has 0 aliphatic carbocycles. The SMILES string of the molecule is CC.CC(C)c1ncc(F)c(C(C)C)n1.Cc1ncc(C)c(C)n1. The van der Waals surface area contributed by atoms with Crippen molar-refractivity contribution in [2.75, 3.05) is 0 Å². The van der Waals surface area contributed by atoms with Crippen LogP contribution in [-0.4, -0.2) is 19.9 Å². The largest absolute Gasteiger partial charge is 0.241 e. The standard InChI is InChI=1S/C10H15FN2.C7H10N2.C2H6/c1-6(2)9-8(11)5-12-10(13-9)7(3)4;1-5-4-8-7(3)9-6(5)2;1-2/h5-7H,1-4H3;4H,1-3H3;1-2H3. The van der Waals surface area contributed by atoms with Gasteiger partial charge in [-0.3, -0.25) is 0 Å². The number of halogens is 1. The molecule has 0 amide bonds. The predicted molar refractivity (Wildman–Crippen MR) is 97.8 cm³/mol. The third-order valence-electron chi connectivity index (χ3n) is 3.20. The molecule has 134 valence electrons. The molecule has 0 spiro atoms. The van der Waals surface area contributed by atoms with Gasteiger partial charge in [0.25, 0.3) is 0 Å². The average molecular weight is 334 g/mol. The molecule has 0 N–H and O–H groups in total. The van der Waals surface area contributed by atoms with Crippen LogP contribution in [0.15, 0.2) is 12.4 Å². The van der Waals surface area contributed by atoms with Crippen LogP contribution in [-0.2, 0) is 0 Å².